The topological polar surface area (TPSA) is 76.0 Å². The molecule has 1 heterocycles. The van der Waals surface area contributed by atoms with Crippen molar-refractivity contribution in [1.29, 1.82) is 0 Å². The summed E-state index contributed by atoms with van der Waals surface area (Å²) >= 11 is 0. The SMILES string of the molecule is Cc1cccc(C(=O)NC(C)c2nc3ccccc3n2CC(=O)NCC(C)C)c1. The maximum absolute atomic E-state index is 12.7. The smallest absolute Gasteiger partial charge is 0.251 e. The molecule has 3 rings (SSSR count). The van der Waals surface area contributed by atoms with Crippen molar-refractivity contribution in [1.82, 2.24) is 20.2 Å². The van der Waals surface area contributed by atoms with Crippen LogP contribution < -0.4 is 10.6 Å². The Kier molecular flexibility index (Phi) is 6.32. The molecule has 2 amide bonds. The standard InChI is InChI=1S/C23H28N4O2/c1-15(2)13-24-21(28)14-27-20-11-6-5-10-19(20)26-22(27)17(4)25-23(29)18-9-7-8-16(3)12-18/h5-12,15,17H,13-14H2,1-4H3,(H,24,28)(H,25,29). The van der Waals surface area contributed by atoms with Gasteiger partial charge in [0.25, 0.3) is 5.91 Å². The van der Waals surface area contributed by atoms with Crippen LogP contribution in [0.3, 0.4) is 0 Å². The highest BCUT2D eigenvalue weighted by Gasteiger charge is 2.20. The molecular weight excluding hydrogens is 364 g/mol. The highest BCUT2D eigenvalue weighted by Crippen LogP contribution is 2.21. The Labute approximate surface area is 171 Å². The second kappa shape index (κ2) is 8.90. The lowest BCUT2D eigenvalue weighted by atomic mass is 10.1. The number of imidazole rings is 1. The number of para-hydroxylation sites is 2. The second-order valence-electron chi connectivity index (χ2n) is 7.81. The minimum atomic E-state index is -0.353. The molecule has 6 nitrogen and oxygen atoms in total. The molecule has 0 bridgehead atoms. The number of carbonyl (C=O) groups is 2. The van der Waals surface area contributed by atoms with Crippen molar-refractivity contribution < 1.29 is 9.59 Å². The highest BCUT2D eigenvalue weighted by atomic mass is 16.2. The normalized spacial score (nSPS) is 12.2. The van der Waals surface area contributed by atoms with E-state index in [2.05, 4.69) is 24.5 Å². The fourth-order valence-corrected chi connectivity index (χ4v) is 3.24. The van der Waals surface area contributed by atoms with Crippen LogP contribution in [0.15, 0.2) is 48.5 Å². The zero-order valence-electron chi connectivity index (χ0n) is 17.4. The molecule has 2 N–H and O–H groups in total. The molecule has 0 radical (unpaired) electrons. The highest BCUT2D eigenvalue weighted by molar-refractivity contribution is 5.94. The number of nitrogens with zero attached hydrogens (tertiary/aromatic N) is 2. The van der Waals surface area contributed by atoms with E-state index in [0.717, 1.165) is 16.6 Å². The number of aromatic nitrogens is 2. The number of hydrogen-bond donors (Lipinski definition) is 2. The fraction of sp³-hybridized carbons (Fsp3) is 0.348. The van der Waals surface area contributed by atoms with E-state index in [-0.39, 0.29) is 24.4 Å². The van der Waals surface area contributed by atoms with Gasteiger partial charge in [0.05, 0.1) is 17.1 Å². The van der Waals surface area contributed by atoms with Gasteiger partial charge in [-0.15, -0.1) is 0 Å². The lowest BCUT2D eigenvalue weighted by molar-refractivity contribution is -0.121. The van der Waals surface area contributed by atoms with Crippen molar-refractivity contribution in [2.75, 3.05) is 6.54 Å². The predicted molar refractivity (Wildman–Crippen MR) is 115 cm³/mol. The maximum atomic E-state index is 12.7. The summed E-state index contributed by atoms with van der Waals surface area (Å²) in [5, 5.41) is 5.96. The zero-order valence-corrected chi connectivity index (χ0v) is 17.4. The van der Waals surface area contributed by atoms with E-state index in [9.17, 15) is 9.59 Å². The molecule has 0 spiro atoms. The lowest BCUT2D eigenvalue weighted by Gasteiger charge is -2.17. The Hall–Kier alpha value is -3.15. The summed E-state index contributed by atoms with van der Waals surface area (Å²) in [5.41, 5.74) is 3.31. The van der Waals surface area contributed by atoms with Crippen molar-refractivity contribution in [2.45, 2.75) is 40.3 Å². The van der Waals surface area contributed by atoms with Crippen LogP contribution in [0.5, 0.6) is 0 Å². The van der Waals surface area contributed by atoms with Crippen molar-refractivity contribution in [3.05, 3.63) is 65.5 Å². The van der Waals surface area contributed by atoms with Gasteiger partial charge in [0, 0.05) is 12.1 Å². The van der Waals surface area contributed by atoms with E-state index in [4.69, 9.17) is 4.98 Å². The van der Waals surface area contributed by atoms with Gasteiger partial charge in [0.15, 0.2) is 0 Å². The van der Waals surface area contributed by atoms with Crippen LogP contribution in [0.4, 0.5) is 0 Å². The predicted octanol–water partition coefficient (Wildman–Crippen LogP) is 3.61. The monoisotopic (exact) mass is 392 g/mol. The zero-order chi connectivity index (χ0) is 21.0. The van der Waals surface area contributed by atoms with Crippen molar-refractivity contribution in [3.8, 4) is 0 Å². The summed E-state index contributed by atoms with van der Waals surface area (Å²) in [7, 11) is 0. The van der Waals surface area contributed by atoms with Crippen molar-refractivity contribution in [2.24, 2.45) is 5.92 Å². The van der Waals surface area contributed by atoms with E-state index in [1.807, 2.05) is 60.9 Å². The van der Waals surface area contributed by atoms with Gasteiger partial charge in [-0.05, 0) is 44.0 Å². The average Bonchev–Trinajstić information content (AvgIpc) is 3.05. The molecule has 0 aliphatic carbocycles. The number of rotatable bonds is 7. The van der Waals surface area contributed by atoms with Gasteiger partial charge in [-0.25, -0.2) is 4.98 Å². The van der Waals surface area contributed by atoms with Crippen LogP contribution in [0.1, 0.15) is 48.6 Å². The van der Waals surface area contributed by atoms with E-state index < -0.39 is 0 Å². The summed E-state index contributed by atoms with van der Waals surface area (Å²) in [4.78, 5) is 29.8. The van der Waals surface area contributed by atoms with Gasteiger partial charge in [0.2, 0.25) is 5.91 Å². The first kappa shape index (κ1) is 20.6. The molecule has 152 valence electrons. The van der Waals surface area contributed by atoms with E-state index in [0.29, 0.717) is 23.9 Å². The number of fused-ring (bicyclic) bond motifs is 1. The van der Waals surface area contributed by atoms with Crippen LogP contribution in [-0.2, 0) is 11.3 Å². The molecule has 1 atom stereocenters. The van der Waals surface area contributed by atoms with Crippen LogP contribution in [0.25, 0.3) is 11.0 Å². The summed E-state index contributed by atoms with van der Waals surface area (Å²) in [5.74, 6) is 0.807. The Bertz CT molecular complexity index is 1020. The number of amides is 2. The fourth-order valence-electron chi connectivity index (χ4n) is 3.24. The summed E-state index contributed by atoms with van der Waals surface area (Å²) in [6.45, 7) is 8.74. The second-order valence-corrected chi connectivity index (χ2v) is 7.81. The number of aryl methyl sites for hydroxylation is 1. The van der Waals surface area contributed by atoms with E-state index >= 15 is 0 Å². The average molecular weight is 393 g/mol. The maximum Gasteiger partial charge on any atom is 0.251 e. The Morgan fingerprint density at radius 2 is 1.83 bits per heavy atom. The Morgan fingerprint density at radius 1 is 1.07 bits per heavy atom. The first-order valence-electron chi connectivity index (χ1n) is 9.94. The number of hydrogen-bond acceptors (Lipinski definition) is 3. The van der Waals surface area contributed by atoms with Crippen LogP contribution >= 0.6 is 0 Å². The number of carbonyl (C=O) groups excluding carboxylic acids is 2. The van der Waals surface area contributed by atoms with Gasteiger partial charge in [-0.1, -0.05) is 43.7 Å². The third kappa shape index (κ3) is 5.02. The van der Waals surface area contributed by atoms with Gasteiger partial charge in [0.1, 0.15) is 12.4 Å². The van der Waals surface area contributed by atoms with E-state index in [1.54, 1.807) is 6.07 Å². The first-order chi connectivity index (χ1) is 13.8. The Morgan fingerprint density at radius 3 is 2.55 bits per heavy atom. The van der Waals surface area contributed by atoms with Crippen LogP contribution in [0.2, 0.25) is 0 Å². The lowest BCUT2D eigenvalue weighted by Crippen LogP contribution is -2.33. The molecule has 3 aromatic rings. The van der Waals surface area contributed by atoms with Crippen LogP contribution in [0, 0.1) is 12.8 Å². The molecule has 29 heavy (non-hydrogen) atoms. The van der Waals surface area contributed by atoms with E-state index in [1.165, 1.54) is 0 Å². The molecule has 1 aromatic heterocycles. The summed E-state index contributed by atoms with van der Waals surface area (Å²) in [6.07, 6.45) is 0. The van der Waals surface area contributed by atoms with Gasteiger partial charge in [-0.3, -0.25) is 9.59 Å². The van der Waals surface area contributed by atoms with Crippen molar-refractivity contribution in [3.63, 3.8) is 0 Å². The third-order valence-corrected chi connectivity index (χ3v) is 4.71. The molecule has 0 saturated heterocycles. The minimum Gasteiger partial charge on any atom is -0.354 e. The number of benzene rings is 2. The molecular formula is C23H28N4O2. The molecule has 0 aliphatic rings. The molecule has 6 heteroatoms. The molecule has 2 aromatic carbocycles. The van der Waals surface area contributed by atoms with Crippen molar-refractivity contribution >= 4 is 22.8 Å². The first-order valence-corrected chi connectivity index (χ1v) is 9.94. The number of nitrogens with one attached hydrogen (secondary N) is 2. The Balaban J connectivity index is 1.85. The summed E-state index contributed by atoms with van der Waals surface area (Å²) in [6, 6.07) is 14.8. The largest absolute Gasteiger partial charge is 0.354 e. The van der Waals surface area contributed by atoms with Crippen LogP contribution in [-0.4, -0.2) is 27.9 Å². The molecule has 1 unspecified atom stereocenters. The summed E-state index contributed by atoms with van der Waals surface area (Å²) < 4.78 is 1.88. The molecule has 0 saturated carbocycles. The van der Waals surface area contributed by atoms with Gasteiger partial charge in [-0.2, -0.15) is 0 Å². The quantitative estimate of drug-likeness (QED) is 0.645. The third-order valence-electron chi connectivity index (χ3n) is 4.71. The van der Waals surface area contributed by atoms with Gasteiger partial charge >= 0.3 is 0 Å². The van der Waals surface area contributed by atoms with Gasteiger partial charge < -0.3 is 15.2 Å². The minimum absolute atomic E-state index is 0.0692. The molecule has 0 aliphatic heterocycles. The molecule has 0 fully saturated rings.